The second-order valence-electron chi connectivity index (χ2n) is 5.66. The third-order valence-corrected chi connectivity index (χ3v) is 5.77. The Bertz CT molecular complexity index is 934. The molecule has 0 saturated carbocycles. The number of hydrogen-bond donors (Lipinski definition) is 2. The number of primary amides is 1. The van der Waals surface area contributed by atoms with Gasteiger partial charge in [0.25, 0.3) is 0 Å². The van der Waals surface area contributed by atoms with E-state index in [0.717, 1.165) is 4.88 Å². The van der Waals surface area contributed by atoms with Gasteiger partial charge in [-0.25, -0.2) is 0 Å². The molecule has 0 unspecified atom stereocenters. The lowest BCUT2D eigenvalue weighted by Gasteiger charge is -2.14. The van der Waals surface area contributed by atoms with E-state index in [1.807, 2.05) is 24.4 Å². The van der Waals surface area contributed by atoms with Crippen LogP contribution in [-0.2, 0) is 16.1 Å². The molecule has 1 atom stereocenters. The molecule has 9 nitrogen and oxygen atoms in total. The Morgan fingerprint density at radius 3 is 2.85 bits per heavy atom. The van der Waals surface area contributed by atoms with Crippen molar-refractivity contribution in [3.63, 3.8) is 0 Å². The Morgan fingerprint density at radius 1 is 1.44 bits per heavy atom. The molecule has 3 aromatic rings. The van der Waals surface area contributed by atoms with E-state index < -0.39 is 11.2 Å². The van der Waals surface area contributed by atoms with E-state index in [1.165, 1.54) is 23.1 Å². The van der Waals surface area contributed by atoms with Gasteiger partial charge in [0.1, 0.15) is 12.3 Å². The zero-order valence-electron chi connectivity index (χ0n) is 14.7. The minimum atomic E-state index is -0.509. The maximum atomic E-state index is 12.6. The fourth-order valence-corrected chi connectivity index (χ4v) is 4.01. The SMILES string of the molecule is CC[C@H](Sc1nnc(-c2cccs2)n1CC(N)=O)C(=O)Nc1cc(C)on1. The molecule has 142 valence electrons. The topological polar surface area (TPSA) is 129 Å². The molecule has 0 radical (unpaired) electrons. The highest BCUT2D eigenvalue weighted by atomic mass is 32.2. The van der Waals surface area contributed by atoms with Crippen LogP contribution in [0, 0.1) is 6.92 Å². The number of anilines is 1. The summed E-state index contributed by atoms with van der Waals surface area (Å²) in [6.07, 6.45) is 0.547. The molecule has 0 aliphatic heterocycles. The molecule has 0 aromatic carbocycles. The van der Waals surface area contributed by atoms with Crippen molar-refractivity contribution < 1.29 is 14.1 Å². The number of nitrogens with zero attached hydrogens (tertiary/aromatic N) is 4. The third-order valence-electron chi connectivity index (χ3n) is 3.56. The fraction of sp³-hybridized carbons (Fsp3) is 0.312. The number of hydrogen-bond acceptors (Lipinski definition) is 8. The summed E-state index contributed by atoms with van der Waals surface area (Å²) >= 11 is 2.71. The van der Waals surface area contributed by atoms with E-state index in [-0.39, 0.29) is 12.5 Å². The number of rotatable bonds is 8. The summed E-state index contributed by atoms with van der Waals surface area (Å²) in [5, 5.41) is 16.7. The molecule has 3 aromatic heterocycles. The summed E-state index contributed by atoms with van der Waals surface area (Å²) in [5.74, 6) is 0.767. The summed E-state index contributed by atoms with van der Waals surface area (Å²) in [5.41, 5.74) is 5.38. The van der Waals surface area contributed by atoms with Crippen LogP contribution < -0.4 is 11.1 Å². The van der Waals surface area contributed by atoms with E-state index in [2.05, 4.69) is 20.7 Å². The third kappa shape index (κ3) is 4.55. The van der Waals surface area contributed by atoms with Crippen LogP contribution >= 0.6 is 23.1 Å². The van der Waals surface area contributed by atoms with Crippen LogP contribution in [0.3, 0.4) is 0 Å². The molecule has 0 saturated heterocycles. The Morgan fingerprint density at radius 2 is 2.26 bits per heavy atom. The zero-order valence-corrected chi connectivity index (χ0v) is 16.3. The molecule has 0 spiro atoms. The molecule has 3 heterocycles. The first-order valence-electron chi connectivity index (χ1n) is 8.14. The summed E-state index contributed by atoms with van der Waals surface area (Å²) < 4.78 is 6.59. The predicted molar refractivity (Wildman–Crippen MR) is 102 cm³/mol. The number of nitrogens with two attached hydrogens (primary N) is 1. The fourth-order valence-electron chi connectivity index (χ4n) is 2.34. The largest absolute Gasteiger partial charge is 0.368 e. The van der Waals surface area contributed by atoms with Gasteiger partial charge >= 0.3 is 0 Å². The number of carbonyl (C=O) groups excluding carboxylic acids is 2. The normalized spacial score (nSPS) is 12.1. The van der Waals surface area contributed by atoms with Crippen LogP contribution in [-0.4, -0.2) is 37.0 Å². The first-order valence-corrected chi connectivity index (χ1v) is 9.90. The summed E-state index contributed by atoms with van der Waals surface area (Å²) in [6, 6.07) is 5.41. The van der Waals surface area contributed by atoms with Crippen LogP contribution in [0.1, 0.15) is 19.1 Å². The van der Waals surface area contributed by atoms with E-state index in [9.17, 15) is 9.59 Å². The first-order chi connectivity index (χ1) is 13.0. The van der Waals surface area contributed by atoms with Gasteiger partial charge in [0.2, 0.25) is 11.8 Å². The number of thioether (sulfide) groups is 1. The van der Waals surface area contributed by atoms with Gasteiger partial charge in [-0.3, -0.25) is 14.2 Å². The number of nitrogens with one attached hydrogen (secondary N) is 1. The van der Waals surface area contributed by atoms with Crippen molar-refractivity contribution in [1.82, 2.24) is 19.9 Å². The highest BCUT2D eigenvalue weighted by Gasteiger charge is 2.24. The van der Waals surface area contributed by atoms with Crippen molar-refractivity contribution in [3.8, 4) is 10.7 Å². The van der Waals surface area contributed by atoms with Gasteiger partial charge in [-0.1, -0.05) is 29.9 Å². The van der Waals surface area contributed by atoms with Crippen molar-refractivity contribution >= 4 is 40.7 Å². The zero-order chi connectivity index (χ0) is 19.4. The van der Waals surface area contributed by atoms with Crippen molar-refractivity contribution in [1.29, 1.82) is 0 Å². The smallest absolute Gasteiger partial charge is 0.239 e. The Labute approximate surface area is 163 Å². The van der Waals surface area contributed by atoms with Crippen molar-refractivity contribution in [3.05, 3.63) is 29.3 Å². The lowest BCUT2D eigenvalue weighted by molar-refractivity contribution is -0.118. The highest BCUT2D eigenvalue weighted by molar-refractivity contribution is 8.00. The first kappa shape index (κ1) is 19.1. The minimum Gasteiger partial charge on any atom is -0.368 e. The molecule has 0 fully saturated rings. The Balaban J connectivity index is 1.82. The van der Waals surface area contributed by atoms with Gasteiger partial charge in [-0.2, -0.15) is 0 Å². The quantitative estimate of drug-likeness (QED) is 0.549. The van der Waals surface area contributed by atoms with Gasteiger partial charge in [-0.05, 0) is 24.8 Å². The maximum absolute atomic E-state index is 12.6. The van der Waals surface area contributed by atoms with Crippen molar-refractivity contribution in [2.75, 3.05) is 5.32 Å². The molecule has 3 rings (SSSR count). The van der Waals surface area contributed by atoms with Gasteiger partial charge in [0.15, 0.2) is 16.8 Å². The average Bonchev–Trinajstić information content (AvgIpc) is 3.34. The lowest BCUT2D eigenvalue weighted by atomic mass is 10.3. The van der Waals surface area contributed by atoms with Gasteiger partial charge in [0, 0.05) is 6.07 Å². The molecular formula is C16H18N6O3S2. The predicted octanol–water partition coefficient (Wildman–Crippen LogP) is 2.30. The molecule has 0 aliphatic rings. The maximum Gasteiger partial charge on any atom is 0.239 e. The van der Waals surface area contributed by atoms with E-state index in [1.54, 1.807) is 17.6 Å². The van der Waals surface area contributed by atoms with Gasteiger partial charge in [-0.15, -0.1) is 21.5 Å². The van der Waals surface area contributed by atoms with Gasteiger partial charge in [0.05, 0.1) is 10.1 Å². The molecule has 0 aliphatic carbocycles. The second-order valence-corrected chi connectivity index (χ2v) is 7.78. The summed E-state index contributed by atoms with van der Waals surface area (Å²) in [4.78, 5) is 24.9. The van der Waals surface area contributed by atoms with E-state index in [0.29, 0.717) is 29.0 Å². The highest BCUT2D eigenvalue weighted by Crippen LogP contribution is 2.30. The minimum absolute atomic E-state index is 0.0664. The van der Waals surface area contributed by atoms with Crippen LogP contribution in [0.2, 0.25) is 0 Å². The molecule has 11 heteroatoms. The number of aromatic nitrogens is 4. The number of amides is 2. The molecule has 0 bridgehead atoms. The molecule has 2 amide bonds. The number of carbonyl (C=O) groups is 2. The second kappa shape index (κ2) is 8.35. The Kier molecular flexibility index (Phi) is 5.91. The average molecular weight is 406 g/mol. The molecular weight excluding hydrogens is 388 g/mol. The van der Waals surface area contributed by atoms with Crippen LogP contribution in [0.15, 0.2) is 33.3 Å². The molecule has 27 heavy (non-hydrogen) atoms. The van der Waals surface area contributed by atoms with Gasteiger partial charge < -0.3 is 15.6 Å². The number of thiophene rings is 1. The van der Waals surface area contributed by atoms with Crippen LogP contribution in [0.5, 0.6) is 0 Å². The monoisotopic (exact) mass is 406 g/mol. The standard InChI is InChI=1S/C16H18N6O3S2/c1-3-10(15(24)18-13-7-9(2)25-21-13)27-16-20-19-14(11-5-4-6-26-11)22(16)8-12(17)23/h4-7,10H,3,8H2,1-2H3,(H2,17,23)(H,18,21,24)/t10-/m0/s1. The Hall–Kier alpha value is -2.66. The summed E-state index contributed by atoms with van der Waals surface area (Å²) in [6.45, 7) is 3.57. The van der Waals surface area contributed by atoms with E-state index >= 15 is 0 Å². The van der Waals surface area contributed by atoms with Crippen molar-refractivity contribution in [2.24, 2.45) is 5.73 Å². The summed E-state index contributed by atoms with van der Waals surface area (Å²) in [7, 11) is 0. The number of aryl methyl sites for hydroxylation is 1. The van der Waals surface area contributed by atoms with Crippen LogP contribution in [0.4, 0.5) is 5.82 Å². The van der Waals surface area contributed by atoms with Crippen molar-refractivity contribution in [2.45, 2.75) is 37.2 Å². The lowest BCUT2D eigenvalue weighted by Crippen LogP contribution is -2.26. The molecule has 3 N–H and O–H groups in total. The van der Waals surface area contributed by atoms with Crippen LogP contribution in [0.25, 0.3) is 10.7 Å². The van der Waals surface area contributed by atoms with E-state index in [4.69, 9.17) is 10.3 Å².